The Morgan fingerprint density at radius 3 is 2.19 bits per heavy atom. The highest BCUT2D eigenvalue weighted by Crippen LogP contribution is 2.25. The number of carbonyl (C=O) groups excluding carboxylic acids is 1. The number of benzene rings is 1. The third-order valence-corrected chi connectivity index (χ3v) is 3.71. The predicted octanol–water partition coefficient (Wildman–Crippen LogP) is 3.20. The summed E-state index contributed by atoms with van der Waals surface area (Å²) < 4.78 is 0. The Kier molecular flexibility index (Phi) is 6.40. The monoisotopic (exact) mass is 291 g/mol. The molecule has 116 valence electrons. The van der Waals surface area contributed by atoms with Crippen LogP contribution in [0, 0.1) is 6.92 Å². The first kappa shape index (κ1) is 17.2. The Hall–Kier alpha value is -1.84. The summed E-state index contributed by atoms with van der Waals surface area (Å²) >= 11 is 0. The van der Waals surface area contributed by atoms with E-state index in [0.29, 0.717) is 6.42 Å². The number of nitrogens with zero attached hydrogens (tertiary/aromatic N) is 1. The quantitative estimate of drug-likeness (QED) is 0.839. The molecule has 1 rings (SSSR count). The van der Waals surface area contributed by atoms with Gasteiger partial charge in [-0.15, -0.1) is 0 Å². The van der Waals surface area contributed by atoms with Gasteiger partial charge in [0.1, 0.15) is 6.54 Å². The zero-order chi connectivity index (χ0) is 16.0. The van der Waals surface area contributed by atoms with Crippen molar-refractivity contribution in [3.05, 3.63) is 35.4 Å². The third-order valence-electron chi connectivity index (χ3n) is 3.71. The summed E-state index contributed by atoms with van der Waals surface area (Å²) in [7, 11) is 0. The molecule has 1 amide bonds. The van der Waals surface area contributed by atoms with Gasteiger partial charge in [0.25, 0.3) is 0 Å². The molecule has 0 fully saturated rings. The zero-order valence-electron chi connectivity index (χ0n) is 13.3. The summed E-state index contributed by atoms with van der Waals surface area (Å²) in [5.41, 5.74) is 2.32. The van der Waals surface area contributed by atoms with Gasteiger partial charge in [0, 0.05) is 12.5 Å². The number of rotatable bonds is 7. The van der Waals surface area contributed by atoms with Crippen LogP contribution >= 0.6 is 0 Å². The number of carboxylic acid groups (broad SMARTS) is 1. The van der Waals surface area contributed by atoms with Crippen molar-refractivity contribution in [2.75, 3.05) is 6.54 Å². The Bertz CT molecular complexity index is 479. The van der Waals surface area contributed by atoms with Crippen LogP contribution in [0.4, 0.5) is 0 Å². The van der Waals surface area contributed by atoms with Gasteiger partial charge in [-0.1, -0.05) is 36.8 Å². The summed E-state index contributed by atoms with van der Waals surface area (Å²) in [6, 6.07) is 8.07. The minimum atomic E-state index is -0.972. The first-order chi connectivity index (χ1) is 9.85. The molecule has 1 aromatic carbocycles. The molecule has 0 aromatic heterocycles. The van der Waals surface area contributed by atoms with Gasteiger partial charge in [0.05, 0.1) is 0 Å². The Morgan fingerprint density at radius 2 is 1.76 bits per heavy atom. The van der Waals surface area contributed by atoms with Crippen LogP contribution in [0.25, 0.3) is 0 Å². The third kappa shape index (κ3) is 5.21. The summed E-state index contributed by atoms with van der Waals surface area (Å²) in [5, 5.41) is 8.93. The largest absolute Gasteiger partial charge is 0.480 e. The molecular formula is C17H25NO3. The lowest BCUT2D eigenvalue weighted by Crippen LogP contribution is -2.41. The number of aryl methyl sites for hydroxylation is 1. The molecule has 0 spiro atoms. The fraction of sp³-hybridized carbons (Fsp3) is 0.529. The molecule has 0 saturated heterocycles. The molecule has 0 aliphatic rings. The first-order valence-corrected chi connectivity index (χ1v) is 7.43. The van der Waals surface area contributed by atoms with Gasteiger partial charge in [-0.05, 0) is 38.7 Å². The van der Waals surface area contributed by atoms with E-state index in [4.69, 9.17) is 5.11 Å². The van der Waals surface area contributed by atoms with Crippen molar-refractivity contribution >= 4 is 11.9 Å². The van der Waals surface area contributed by atoms with E-state index >= 15 is 0 Å². The van der Waals surface area contributed by atoms with Crippen LogP contribution in [-0.4, -0.2) is 34.5 Å². The van der Waals surface area contributed by atoms with Crippen molar-refractivity contribution in [1.82, 2.24) is 4.90 Å². The highest BCUT2D eigenvalue weighted by molar-refractivity contribution is 5.82. The van der Waals surface area contributed by atoms with E-state index in [2.05, 4.69) is 6.92 Å². The minimum Gasteiger partial charge on any atom is -0.480 e. The molecule has 0 aliphatic heterocycles. The molecule has 4 heteroatoms. The normalized spacial score (nSPS) is 12.2. The van der Waals surface area contributed by atoms with E-state index in [1.165, 1.54) is 10.5 Å². The van der Waals surface area contributed by atoms with E-state index < -0.39 is 5.97 Å². The lowest BCUT2D eigenvalue weighted by atomic mass is 9.92. The second kappa shape index (κ2) is 7.81. The average molecular weight is 291 g/mol. The van der Waals surface area contributed by atoms with Gasteiger partial charge >= 0.3 is 5.97 Å². The van der Waals surface area contributed by atoms with E-state index in [9.17, 15) is 9.59 Å². The molecule has 0 heterocycles. The number of carboxylic acids is 1. The second-order valence-corrected chi connectivity index (χ2v) is 5.73. The lowest BCUT2D eigenvalue weighted by Gasteiger charge is -2.27. The number of carbonyl (C=O) groups is 2. The molecular weight excluding hydrogens is 266 g/mol. The fourth-order valence-electron chi connectivity index (χ4n) is 2.37. The Morgan fingerprint density at radius 1 is 1.19 bits per heavy atom. The molecule has 0 aliphatic carbocycles. The van der Waals surface area contributed by atoms with Crippen molar-refractivity contribution in [2.24, 2.45) is 0 Å². The lowest BCUT2D eigenvalue weighted by molar-refractivity contribution is -0.146. The van der Waals surface area contributed by atoms with Gasteiger partial charge in [-0.3, -0.25) is 9.59 Å². The van der Waals surface area contributed by atoms with E-state index in [-0.39, 0.29) is 24.4 Å². The van der Waals surface area contributed by atoms with Crippen LogP contribution in [-0.2, 0) is 9.59 Å². The number of aliphatic carboxylic acids is 1. The molecule has 1 aromatic rings. The maximum Gasteiger partial charge on any atom is 0.323 e. The second-order valence-electron chi connectivity index (χ2n) is 5.73. The van der Waals surface area contributed by atoms with Crippen LogP contribution in [0.5, 0.6) is 0 Å². The summed E-state index contributed by atoms with van der Waals surface area (Å²) in [5.74, 6) is -0.937. The van der Waals surface area contributed by atoms with Gasteiger partial charge in [0.15, 0.2) is 0 Å². The first-order valence-electron chi connectivity index (χ1n) is 7.43. The molecule has 1 N–H and O–H groups in total. The van der Waals surface area contributed by atoms with Gasteiger partial charge in [0.2, 0.25) is 5.91 Å². The minimum absolute atomic E-state index is 0.0974. The molecule has 1 atom stereocenters. The predicted molar refractivity (Wildman–Crippen MR) is 83.3 cm³/mol. The van der Waals surface area contributed by atoms with Gasteiger partial charge in [-0.2, -0.15) is 0 Å². The maximum absolute atomic E-state index is 12.4. The standard InChI is InChI=1S/C17H25NO3/c1-5-14(15-8-6-13(4)7-9-15)10-16(19)18(12(2)3)11-17(20)21/h6-9,12,14H,5,10-11H2,1-4H3,(H,20,21). The van der Waals surface area contributed by atoms with Crippen LogP contribution in [0.2, 0.25) is 0 Å². The summed E-state index contributed by atoms with van der Waals surface area (Å²) in [4.78, 5) is 24.7. The van der Waals surface area contributed by atoms with Crippen molar-refractivity contribution < 1.29 is 14.7 Å². The Labute approximate surface area is 126 Å². The highest BCUT2D eigenvalue weighted by atomic mass is 16.4. The number of hydrogen-bond donors (Lipinski definition) is 1. The number of amides is 1. The van der Waals surface area contributed by atoms with Crippen LogP contribution < -0.4 is 0 Å². The maximum atomic E-state index is 12.4. The van der Waals surface area contributed by atoms with Crippen molar-refractivity contribution in [3.8, 4) is 0 Å². The summed E-state index contributed by atoms with van der Waals surface area (Å²) in [6.45, 7) is 7.53. The average Bonchev–Trinajstić information content (AvgIpc) is 2.42. The van der Waals surface area contributed by atoms with E-state index in [1.54, 1.807) is 0 Å². The van der Waals surface area contributed by atoms with E-state index in [0.717, 1.165) is 12.0 Å². The smallest absolute Gasteiger partial charge is 0.323 e. The van der Waals surface area contributed by atoms with Gasteiger partial charge < -0.3 is 10.0 Å². The van der Waals surface area contributed by atoms with Gasteiger partial charge in [-0.25, -0.2) is 0 Å². The number of hydrogen-bond acceptors (Lipinski definition) is 2. The highest BCUT2D eigenvalue weighted by Gasteiger charge is 2.23. The van der Waals surface area contributed by atoms with Crippen molar-refractivity contribution in [2.45, 2.75) is 52.5 Å². The fourth-order valence-corrected chi connectivity index (χ4v) is 2.37. The zero-order valence-corrected chi connectivity index (χ0v) is 13.3. The molecule has 0 saturated carbocycles. The summed E-state index contributed by atoms with van der Waals surface area (Å²) in [6.07, 6.45) is 1.21. The topological polar surface area (TPSA) is 57.6 Å². The Balaban J connectivity index is 2.81. The molecule has 1 unspecified atom stereocenters. The molecule has 0 radical (unpaired) electrons. The molecule has 21 heavy (non-hydrogen) atoms. The van der Waals surface area contributed by atoms with E-state index in [1.807, 2.05) is 45.0 Å². The van der Waals surface area contributed by atoms with Crippen LogP contribution in [0.1, 0.15) is 50.7 Å². The SMILES string of the molecule is CCC(CC(=O)N(CC(=O)O)C(C)C)c1ccc(C)cc1. The van der Waals surface area contributed by atoms with Crippen LogP contribution in [0.15, 0.2) is 24.3 Å². The molecule has 4 nitrogen and oxygen atoms in total. The molecule has 0 bridgehead atoms. The van der Waals surface area contributed by atoms with Crippen molar-refractivity contribution in [3.63, 3.8) is 0 Å². The van der Waals surface area contributed by atoms with Crippen molar-refractivity contribution in [1.29, 1.82) is 0 Å². The van der Waals surface area contributed by atoms with Crippen LogP contribution in [0.3, 0.4) is 0 Å².